The molecule has 1 aliphatic carbocycles. The number of carbonyl (C=O) groups is 1. The zero-order valence-corrected chi connectivity index (χ0v) is 10.2. The molecule has 1 saturated carbocycles. The van der Waals surface area contributed by atoms with Crippen molar-refractivity contribution in [2.75, 3.05) is 0 Å². The molecule has 16 heavy (non-hydrogen) atoms. The van der Waals surface area contributed by atoms with Gasteiger partial charge in [0.25, 0.3) is 0 Å². The van der Waals surface area contributed by atoms with Crippen molar-refractivity contribution in [3.8, 4) is 0 Å². The summed E-state index contributed by atoms with van der Waals surface area (Å²) >= 11 is 0. The molecule has 0 aromatic heterocycles. The van der Waals surface area contributed by atoms with Crippen molar-refractivity contribution in [1.82, 2.24) is 0 Å². The summed E-state index contributed by atoms with van der Waals surface area (Å²) < 4.78 is 5.40. The van der Waals surface area contributed by atoms with Crippen molar-refractivity contribution in [1.29, 1.82) is 0 Å². The smallest absolute Gasteiger partial charge is 0.334 e. The van der Waals surface area contributed by atoms with E-state index in [1.54, 1.807) is 0 Å². The highest BCUT2D eigenvalue weighted by Crippen LogP contribution is 2.34. The molecule has 0 N–H and O–H groups in total. The lowest BCUT2D eigenvalue weighted by Gasteiger charge is -2.20. The van der Waals surface area contributed by atoms with E-state index in [-0.39, 0.29) is 12.1 Å². The zero-order chi connectivity index (χ0) is 11.4. The molecule has 0 bridgehead atoms. The Morgan fingerprint density at radius 3 is 2.75 bits per heavy atom. The topological polar surface area (TPSA) is 26.3 Å². The molecule has 1 fully saturated rings. The first-order valence-electron chi connectivity index (χ1n) is 6.74. The van der Waals surface area contributed by atoms with Crippen molar-refractivity contribution in [2.24, 2.45) is 5.92 Å². The average Bonchev–Trinajstić information content (AvgIpc) is 2.69. The molecular weight excluding hydrogens is 200 g/mol. The minimum Gasteiger partial charge on any atom is -0.455 e. The van der Waals surface area contributed by atoms with Crippen molar-refractivity contribution in [2.45, 2.75) is 64.4 Å². The van der Waals surface area contributed by atoms with E-state index in [0.717, 1.165) is 18.4 Å². The largest absolute Gasteiger partial charge is 0.455 e. The second kappa shape index (κ2) is 5.51. The fraction of sp³-hybridized carbons (Fsp3) is 0.786. The van der Waals surface area contributed by atoms with Crippen molar-refractivity contribution >= 4 is 5.97 Å². The summed E-state index contributed by atoms with van der Waals surface area (Å²) in [7, 11) is 0. The van der Waals surface area contributed by atoms with Crippen LogP contribution in [0.1, 0.15) is 58.3 Å². The fourth-order valence-corrected chi connectivity index (χ4v) is 2.77. The van der Waals surface area contributed by atoms with E-state index in [4.69, 9.17) is 4.74 Å². The van der Waals surface area contributed by atoms with Gasteiger partial charge in [-0.1, -0.05) is 32.6 Å². The van der Waals surface area contributed by atoms with Gasteiger partial charge in [-0.15, -0.1) is 0 Å². The van der Waals surface area contributed by atoms with Gasteiger partial charge in [0, 0.05) is 5.57 Å². The third kappa shape index (κ3) is 2.66. The summed E-state index contributed by atoms with van der Waals surface area (Å²) in [6.45, 7) is 2.17. The summed E-state index contributed by atoms with van der Waals surface area (Å²) in [4.78, 5) is 11.8. The number of carbonyl (C=O) groups excluding carboxylic acids is 1. The minimum atomic E-state index is -0.0343. The first kappa shape index (κ1) is 11.7. The Labute approximate surface area is 98.1 Å². The molecule has 0 saturated heterocycles. The molecule has 1 unspecified atom stereocenters. The number of ether oxygens (including phenoxy) is 1. The SMILES string of the molecule is CCCCC1C=C(C2CCCCC2)C(=O)O1. The lowest BCUT2D eigenvalue weighted by molar-refractivity contribution is -0.140. The van der Waals surface area contributed by atoms with Gasteiger partial charge in [-0.25, -0.2) is 4.79 Å². The lowest BCUT2D eigenvalue weighted by Crippen LogP contribution is -2.14. The van der Waals surface area contributed by atoms with Gasteiger partial charge in [0.05, 0.1) is 0 Å². The quantitative estimate of drug-likeness (QED) is 0.679. The van der Waals surface area contributed by atoms with Gasteiger partial charge in [-0.2, -0.15) is 0 Å². The van der Waals surface area contributed by atoms with Gasteiger partial charge < -0.3 is 4.74 Å². The molecule has 1 heterocycles. The van der Waals surface area contributed by atoms with Crippen LogP contribution in [0.3, 0.4) is 0 Å². The summed E-state index contributed by atoms with van der Waals surface area (Å²) in [5.41, 5.74) is 0.987. The molecule has 2 rings (SSSR count). The molecule has 0 radical (unpaired) electrons. The molecular formula is C14H22O2. The molecule has 0 aromatic carbocycles. The lowest BCUT2D eigenvalue weighted by atomic mass is 9.83. The van der Waals surface area contributed by atoms with Crippen LogP contribution in [0.15, 0.2) is 11.6 Å². The Hall–Kier alpha value is -0.790. The number of rotatable bonds is 4. The van der Waals surface area contributed by atoms with E-state index in [1.807, 2.05) is 0 Å². The third-order valence-electron chi connectivity index (χ3n) is 3.75. The van der Waals surface area contributed by atoms with Crippen molar-refractivity contribution in [3.05, 3.63) is 11.6 Å². The highest BCUT2D eigenvalue weighted by molar-refractivity contribution is 5.91. The minimum absolute atomic E-state index is 0.0343. The van der Waals surface area contributed by atoms with Crippen LogP contribution in [0.25, 0.3) is 0 Å². The number of hydrogen-bond donors (Lipinski definition) is 0. The second-order valence-corrected chi connectivity index (χ2v) is 5.04. The average molecular weight is 222 g/mol. The molecule has 1 aliphatic heterocycles. The maximum absolute atomic E-state index is 11.8. The Kier molecular flexibility index (Phi) is 4.03. The van der Waals surface area contributed by atoms with Crippen LogP contribution in [0.4, 0.5) is 0 Å². The number of esters is 1. The van der Waals surface area contributed by atoms with E-state index in [0.29, 0.717) is 5.92 Å². The Morgan fingerprint density at radius 2 is 2.06 bits per heavy atom. The predicted octanol–water partition coefficient (Wildman–Crippen LogP) is 3.61. The van der Waals surface area contributed by atoms with Gasteiger partial charge >= 0.3 is 5.97 Å². The zero-order valence-electron chi connectivity index (χ0n) is 10.2. The van der Waals surface area contributed by atoms with Crippen LogP contribution in [0, 0.1) is 5.92 Å². The third-order valence-corrected chi connectivity index (χ3v) is 3.75. The Morgan fingerprint density at radius 1 is 1.31 bits per heavy atom. The van der Waals surface area contributed by atoms with Crippen molar-refractivity contribution in [3.63, 3.8) is 0 Å². The van der Waals surface area contributed by atoms with Gasteiger partial charge in [-0.05, 0) is 37.7 Å². The van der Waals surface area contributed by atoms with Gasteiger partial charge in [0.2, 0.25) is 0 Å². The number of cyclic esters (lactones) is 1. The summed E-state index contributed by atoms with van der Waals surface area (Å²) in [6.07, 6.45) is 11.7. The van der Waals surface area contributed by atoms with E-state index < -0.39 is 0 Å². The van der Waals surface area contributed by atoms with Crippen LogP contribution in [0.2, 0.25) is 0 Å². The second-order valence-electron chi connectivity index (χ2n) is 5.04. The van der Waals surface area contributed by atoms with Crippen molar-refractivity contribution < 1.29 is 9.53 Å². The monoisotopic (exact) mass is 222 g/mol. The highest BCUT2D eigenvalue weighted by atomic mass is 16.5. The van der Waals surface area contributed by atoms with Gasteiger partial charge in [-0.3, -0.25) is 0 Å². The normalized spacial score (nSPS) is 26.7. The van der Waals surface area contributed by atoms with E-state index >= 15 is 0 Å². The van der Waals surface area contributed by atoms with E-state index in [2.05, 4.69) is 13.0 Å². The Balaban J connectivity index is 1.94. The summed E-state index contributed by atoms with van der Waals surface area (Å²) in [5.74, 6) is 0.459. The van der Waals surface area contributed by atoms with Crippen LogP contribution in [-0.2, 0) is 9.53 Å². The first-order valence-corrected chi connectivity index (χ1v) is 6.74. The molecule has 0 amide bonds. The van der Waals surface area contributed by atoms with Crippen LogP contribution in [0.5, 0.6) is 0 Å². The van der Waals surface area contributed by atoms with E-state index in [9.17, 15) is 4.79 Å². The highest BCUT2D eigenvalue weighted by Gasteiger charge is 2.31. The molecule has 90 valence electrons. The molecule has 2 nitrogen and oxygen atoms in total. The van der Waals surface area contributed by atoms with Gasteiger partial charge in [0.1, 0.15) is 6.10 Å². The van der Waals surface area contributed by atoms with Crippen LogP contribution >= 0.6 is 0 Å². The fourth-order valence-electron chi connectivity index (χ4n) is 2.77. The molecule has 0 aromatic rings. The molecule has 0 spiro atoms. The summed E-state index contributed by atoms with van der Waals surface area (Å²) in [6, 6.07) is 0. The van der Waals surface area contributed by atoms with E-state index in [1.165, 1.54) is 38.5 Å². The van der Waals surface area contributed by atoms with Crippen LogP contribution in [-0.4, -0.2) is 12.1 Å². The molecule has 2 aliphatic rings. The summed E-state index contributed by atoms with van der Waals surface area (Å²) in [5, 5.41) is 0. The van der Waals surface area contributed by atoms with Crippen LogP contribution < -0.4 is 0 Å². The number of hydrogen-bond acceptors (Lipinski definition) is 2. The Bertz CT molecular complexity index is 274. The molecule has 2 heteroatoms. The standard InChI is InChI=1S/C14H22O2/c1-2-3-9-12-10-13(14(15)16-12)11-7-5-4-6-8-11/h10-12H,2-9H2,1H3. The molecule has 1 atom stereocenters. The van der Waals surface area contributed by atoms with Gasteiger partial charge in [0.15, 0.2) is 0 Å². The first-order chi connectivity index (χ1) is 7.81. The maximum atomic E-state index is 11.8. The number of unbranched alkanes of at least 4 members (excludes halogenated alkanes) is 1. The maximum Gasteiger partial charge on any atom is 0.334 e. The predicted molar refractivity (Wildman–Crippen MR) is 64.1 cm³/mol.